The van der Waals surface area contributed by atoms with Crippen LogP contribution in [0.2, 0.25) is 0 Å². The number of likely N-dealkylation sites (N-methyl/N-ethyl adjacent to an activating group) is 1. The average Bonchev–Trinajstić information content (AvgIpc) is 3.34. The number of hydrogen-bond acceptors (Lipinski definition) is 6. The van der Waals surface area contributed by atoms with E-state index in [4.69, 9.17) is 9.15 Å². The monoisotopic (exact) mass is 387 g/mol. The van der Waals surface area contributed by atoms with Crippen molar-refractivity contribution in [3.05, 3.63) is 42.4 Å². The van der Waals surface area contributed by atoms with Crippen LogP contribution in [-0.2, 0) is 0 Å². The van der Waals surface area contributed by atoms with Crippen molar-refractivity contribution in [1.29, 1.82) is 0 Å². The number of furan rings is 1. The summed E-state index contributed by atoms with van der Waals surface area (Å²) in [5.41, 5.74) is 0.860. The Balaban J connectivity index is 1.91. The van der Waals surface area contributed by atoms with Gasteiger partial charge < -0.3 is 14.1 Å². The molecule has 0 saturated heterocycles. The summed E-state index contributed by atoms with van der Waals surface area (Å²) in [7, 11) is 0. The number of hydrogen-bond donors (Lipinski definition) is 0. The normalized spacial score (nSPS) is 11.3. The van der Waals surface area contributed by atoms with Crippen LogP contribution >= 0.6 is 11.3 Å². The predicted octanol–water partition coefficient (Wildman–Crippen LogP) is 4.28. The smallest absolute Gasteiger partial charge is 0.295 e. The van der Waals surface area contributed by atoms with E-state index in [-0.39, 0.29) is 5.91 Å². The number of aromatic nitrogens is 1. The van der Waals surface area contributed by atoms with Gasteiger partial charge in [-0.1, -0.05) is 25.2 Å². The van der Waals surface area contributed by atoms with Crippen molar-refractivity contribution in [2.75, 3.05) is 37.7 Å². The number of fused-ring (bicyclic) bond motifs is 1. The third kappa shape index (κ3) is 4.48. The molecule has 1 amide bonds. The molecule has 0 saturated carbocycles. The summed E-state index contributed by atoms with van der Waals surface area (Å²) in [6.45, 7) is 10.0. The summed E-state index contributed by atoms with van der Waals surface area (Å²) in [5.74, 6) is 0.965. The van der Waals surface area contributed by atoms with Crippen LogP contribution in [0.25, 0.3) is 10.2 Å². The van der Waals surface area contributed by atoms with Gasteiger partial charge in [-0.15, -0.1) is 0 Å². The molecule has 0 spiro atoms. The molecule has 0 radical (unpaired) electrons. The number of ether oxygens (including phenoxy) is 1. The molecule has 0 fully saturated rings. The second-order valence-corrected chi connectivity index (χ2v) is 7.03. The lowest BCUT2D eigenvalue weighted by atomic mass is 10.3. The minimum absolute atomic E-state index is 0.170. The van der Waals surface area contributed by atoms with Crippen LogP contribution < -0.4 is 9.64 Å². The second-order valence-electron chi connectivity index (χ2n) is 6.02. The molecule has 0 bridgehead atoms. The van der Waals surface area contributed by atoms with Gasteiger partial charge in [0, 0.05) is 13.1 Å². The zero-order chi connectivity index (χ0) is 19.2. The fourth-order valence-electron chi connectivity index (χ4n) is 2.86. The van der Waals surface area contributed by atoms with E-state index in [9.17, 15) is 4.79 Å². The molecule has 144 valence electrons. The van der Waals surface area contributed by atoms with Gasteiger partial charge in [0.1, 0.15) is 5.75 Å². The third-order valence-electron chi connectivity index (χ3n) is 4.40. The van der Waals surface area contributed by atoms with Crippen LogP contribution in [0.3, 0.4) is 0 Å². The number of anilines is 1. The van der Waals surface area contributed by atoms with E-state index >= 15 is 0 Å². The molecule has 2 aromatic heterocycles. The number of carbonyl (C=O) groups is 1. The van der Waals surface area contributed by atoms with Crippen LogP contribution in [-0.4, -0.2) is 48.6 Å². The molecule has 6 nitrogen and oxygen atoms in total. The topological polar surface area (TPSA) is 58.8 Å². The molecule has 1 aromatic carbocycles. The van der Waals surface area contributed by atoms with Crippen LogP contribution in [0.1, 0.15) is 31.3 Å². The molecule has 0 aliphatic rings. The van der Waals surface area contributed by atoms with Crippen molar-refractivity contribution in [2.45, 2.75) is 20.8 Å². The first-order chi connectivity index (χ1) is 13.2. The number of thiazole rings is 1. The molecule has 7 heteroatoms. The molecule has 0 atom stereocenters. The molecular formula is C20H25N3O3S. The van der Waals surface area contributed by atoms with E-state index in [1.165, 1.54) is 17.6 Å². The molecular weight excluding hydrogens is 362 g/mol. The zero-order valence-electron chi connectivity index (χ0n) is 16.0. The SMILES string of the molecule is CCOc1ccc2nc(N(CCN(CC)CC)C(=O)c3ccco3)sc2c1. The van der Waals surface area contributed by atoms with E-state index < -0.39 is 0 Å². The van der Waals surface area contributed by atoms with Gasteiger partial charge >= 0.3 is 0 Å². The molecule has 0 aliphatic heterocycles. The summed E-state index contributed by atoms with van der Waals surface area (Å²) < 4.78 is 11.9. The van der Waals surface area contributed by atoms with Crippen molar-refractivity contribution < 1.29 is 13.9 Å². The molecule has 3 aromatic rings. The van der Waals surface area contributed by atoms with Crippen LogP contribution in [0.5, 0.6) is 5.75 Å². The Morgan fingerprint density at radius 1 is 1.19 bits per heavy atom. The third-order valence-corrected chi connectivity index (χ3v) is 5.44. The van der Waals surface area contributed by atoms with Crippen molar-refractivity contribution in [3.63, 3.8) is 0 Å². The predicted molar refractivity (Wildman–Crippen MR) is 109 cm³/mol. The highest BCUT2D eigenvalue weighted by Gasteiger charge is 2.23. The van der Waals surface area contributed by atoms with E-state index in [1.807, 2.05) is 25.1 Å². The van der Waals surface area contributed by atoms with Gasteiger partial charge in [0.2, 0.25) is 0 Å². The summed E-state index contributed by atoms with van der Waals surface area (Å²) in [5, 5.41) is 0.673. The zero-order valence-corrected chi connectivity index (χ0v) is 16.8. The summed E-state index contributed by atoms with van der Waals surface area (Å²) in [6.07, 6.45) is 1.52. The maximum absolute atomic E-state index is 13.0. The lowest BCUT2D eigenvalue weighted by Gasteiger charge is -2.24. The Hall–Kier alpha value is -2.38. The summed E-state index contributed by atoms with van der Waals surface area (Å²) in [4.78, 5) is 21.7. The van der Waals surface area contributed by atoms with E-state index in [1.54, 1.807) is 17.0 Å². The Bertz CT molecular complexity index is 872. The lowest BCUT2D eigenvalue weighted by Crippen LogP contribution is -2.38. The fourth-order valence-corrected chi connectivity index (χ4v) is 3.88. The van der Waals surface area contributed by atoms with Gasteiger partial charge in [-0.05, 0) is 50.3 Å². The minimum Gasteiger partial charge on any atom is -0.494 e. The number of amides is 1. The molecule has 0 N–H and O–H groups in total. The Morgan fingerprint density at radius 2 is 2.00 bits per heavy atom. The summed E-state index contributed by atoms with van der Waals surface area (Å²) in [6, 6.07) is 9.22. The van der Waals surface area contributed by atoms with Gasteiger partial charge in [0.15, 0.2) is 10.9 Å². The fraction of sp³-hybridized carbons (Fsp3) is 0.400. The molecule has 0 aliphatic carbocycles. The average molecular weight is 388 g/mol. The lowest BCUT2D eigenvalue weighted by molar-refractivity contribution is 0.0957. The van der Waals surface area contributed by atoms with Crippen molar-refractivity contribution in [3.8, 4) is 5.75 Å². The highest BCUT2D eigenvalue weighted by molar-refractivity contribution is 7.22. The number of nitrogens with zero attached hydrogens (tertiary/aromatic N) is 3. The van der Waals surface area contributed by atoms with E-state index in [0.717, 1.165) is 35.6 Å². The second kappa shape index (κ2) is 9.01. The highest BCUT2D eigenvalue weighted by Crippen LogP contribution is 2.32. The Kier molecular flexibility index (Phi) is 6.47. The van der Waals surface area contributed by atoms with E-state index in [2.05, 4.69) is 23.7 Å². The molecule has 3 rings (SSSR count). The molecule has 2 heterocycles. The van der Waals surface area contributed by atoms with Crippen molar-refractivity contribution >= 4 is 32.6 Å². The molecule has 27 heavy (non-hydrogen) atoms. The van der Waals surface area contributed by atoms with E-state index in [0.29, 0.717) is 24.0 Å². The van der Waals surface area contributed by atoms with Gasteiger partial charge in [-0.2, -0.15) is 0 Å². The summed E-state index contributed by atoms with van der Waals surface area (Å²) >= 11 is 1.49. The maximum Gasteiger partial charge on any atom is 0.295 e. The first-order valence-electron chi connectivity index (χ1n) is 9.27. The minimum atomic E-state index is -0.170. The largest absolute Gasteiger partial charge is 0.494 e. The van der Waals surface area contributed by atoms with Gasteiger partial charge in [0.25, 0.3) is 5.91 Å². The quantitative estimate of drug-likeness (QED) is 0.549. The number of carbonyl (C=O) groups excluding carboxylic acids is 1. The first-order valence-corrected chi connectivity index (χ1v) is 10.1. The van der Waals surface area contributed by atoms with Crippen LogP contribution in [0.15, 0.2) is 41.0 Å². The Morgan fingerprint density at radius 3 is 2.67 bits per heavy atom. The standard InChI is InChI=1S/C20H25N3O3S/c1-4-22(5-2)11-12-23(19(24)17-8-7-13-26-17)20-21-16-10-9-15(25-6-3)14-18(16)27-20/h7-10,13-14H,4-6,11-12H2,1-3H3. The van der Waals surface area contributed by atoms with Crippen LogP contribution in [0, 0.1) is 0 Å². The highest BCUT2D eigenvalue weighted by atomic mass is 32.1. The van der Waals surface area contributed by atoms with Gasteiger partial charge in [0.05, 0.1) is 23.1 Å². The van der Waals surface area contributed by atoms with Crippen molar-refractivity contribution in [1.82, 2.24) is 9.88 Å². The Labute approximate surface area is 163 Å². The number of rotatable bonds is 9. The van der Waals surface area contributed by atoms with Gasteiger partial charge in [-0.3, -0.25) is 9.69 Å². The first kappa shape index (κ1) is 19.4. The maximum atomic E-state index is 13.0. The van der Waals surface area contributed by atoms with Crippen molar-refractivity contribution in [2.24, 2.45) is 0 Å². The number of benzene rings is 1. The van der Waals surface area contributed by atoms with Crippen LogP contribution in [0.4, 0.5) is 5.13 Å². The van der Waals surface area contributed by atoms with Gasteiger partial charge in [-0.25, -0.2) is 4.98 Å². The molecule has 0 unspecified atom stereocenters.